The van der Waals surface area contributed by atoms with Gasteiger partial charge < -0.3 is 15.3 Å². The van der Waals surface area contributed by atoms with E-state index in [9.17, 15) is 9.59 Å². The second kappa shape index (κ2) is 4.51. The zero-order valence-corrected chi connectivity index (χ0v) is 11.5. The number of carbonyl (C=O) groups is 2. The summed E-state index contributed by atoms with van der Waals surface area (Å²) in [6.07, 6.45) is 3.23. The molecule has 0 bridgehead atoms. The topological polar surface area (TPSA) is 69.6 Å². The van der Waals surface area contributed by atoms with E-state index in [1.165, 1.54) is 6.42 Å². The number of amides is 2. The van der Waals surface area contributed by atoms with Crippen LogP contribution in [-0.4, -0.2) is 27.5 Å². The molecule has 0 unspecified atom stereocenters. The van der Waals surface area contributed by atoms with Crippen molar-refractivity contribution in [2.45, 2.75) is 44.8 Å². The zero-order chi connectivity index (χ0) is 14.3. The van der Waals surface area contributed by atoms with Crippen LogP contribution in [0, 0.1) is 0 Å². The molecule has 2 aliphatic rings. The minimum atomic E-state index is -0.933. The van der Waals surface area contributed by atoms with Crippen molar-refractivity contribution < 1.29 is 14.7 Å². The van der Waals surface area contributed by atoms with Crippen LogP contribution in [0.1, 0.15) is 47.7 Å². The van der Waals surface area contributed by atoms with Gasteiger partial charge >= 0.3 is 12.0 Å². The Hall–Kier alpha value is -2.04. The Labute approximate surface area is 117 Å². The predicted octanol–water partition coefficient (Wildman–Crippen LogP) is 2.35. The number of urea groups is 1. The van der Waals surface area contributed by atoms with Crippen molar-refractivity contribution in [1.29, 1.82) is 0 Å². The molecule has 1 heterocycles. The largest absolute Gasteiger partial charge is 0.478 e. The molecule has 1 aliphatic carbocycles. The molecule has 3 rings (SSSR count). The fraction of sp³-hybridized carbons (Fsp3) is 0.467. The summed E-state index contributed by atoms with van der Waals surface area (Å²) in [6.45, 7) is 3.11. The first-order valence-corrected chi connectivity index (χ1v) is 6.89. The Morgan fingerprint density at radius 2 is 1.95 bits per heavy atom. The highest BCUT2D eigenvalue weighted by atomic mass is 16.4. The van der Waals surface area contributed by atoms with Gasteiger partial charge in [0.1, 0.15) is 0 Å². The van der Waals surface area contributed by atoms with Crippen LogP contribution in [0.3, 0.4) is 0 Å². The van der Waals surface area contributed by atoms with E-state index in [-0.39, 0.29) is 17.1 Å². The van der Waals surface area contributed by atoms with Gasteiger partial charge in [-0.25, -0.2) is 9.59 Å². The van der Waals surface area contributed by atoms with Crippen molar-refractivity contribution in [2.75, 3.05) is 0 Å². The Morgan fingerprint density at radius 1 is 1.25 bits per heavy atom. The van der Waals surface area contributed by atoms with Crippen LogP contribution in [0.5, 0.6) is 0 Å². The molecular weight excluding hydrogens is 256 g/mol. The Bertz CT molecular complexity index is 578. The smallest absolute Gasteiger partial charge is 0.335 e. The van der Waals surface area contributed by atoms with Crippen LogP contribution in [-0.2, 0) is 13.1 Å². The molecule has 5 nitrogen and oxygen atoms in total. The molecule has 2 amide bonds. The lowest BCUT2D eigenvalue weighted by molar-refractivity contribution is 0.0696. The number of nitrogens with one attached hydrogen (secondary N) is 1. The average Bonchev–Trinajstić information content (AvgIpc) is 2.79. The van der Waals surface area contributed by atoms with Crippen molar-refractivity contribution in [3.8, 4) is 0 Å². The van der Waals surface area contributed by atoms with Gasteiger partial charge in [-0.1, -0.05) is 6.07 Å². The van der Waals surface area contributed by atoms with Gasteiger partial charge in [-0.2, -0.15) is 0 Å². The lowest BCUT2D eigenvalue weighted by atomic mass is 9.79. The van der Waals surface area contributed by atoms with Gasteiger partial charge in [0.15, 0.2) is 0 Å². The van der Waals surface area contributed by atoms with Crippen molar-refractivity contribution in [2.24, 2.45) is 0 Å². The normalized spacial score (nSPS) is 19.1. The van der Waals surface area contributed by atoms with E-state index in [2.05, 4.69) is 12.2 Å². The Morgan fingerprint density at radius 3 is 2.55 bits per heavy atom. The quantitative estimate of drug-likeness (QED) is 0.869. The van der Waals surface area contributed by atoms with E-state index < -0.39 is 5.97 Å². The van der Waals surface area contributed by atoms with Crippen LogP contribution in [0.4, 0.5) is 4.79 Å². The maximum Gasteiger partial charge on any atom is 0.335 e. The summed E-state index contributed by atoms with van der Waals surface area (Å²) in [7, 11) is 0. The highest BCUT2D eigenvalue weighted by Gasteiger charge is 2.35. The van der Waals surface area contributed by atoms with Crippen LogP contribution >= 0.6 is 0 Å². The SMILES string of the molecule is CC1(NC(=O)N2Cc3ccc(C(=O)O)cc3C2)CCC1. The Balaban J connectivity index is 1.70. The molecule has 1 fully saturated rings. The van der Waals surface area contributed by atoms with Gasteiger partial charge in [-0.05, 0) is 49.4 Å². The molecule has 1 aromatic carbocycles. The van der Waals surface area contributed by atoms with E-state index in [1.54, 1.807) is 23.1 Å². The predicted molar refractivity (Wildman–Crippen MR) is 73.4 cm³/mol. The third-order valence-electron chi connectivity index (χ3n) is 4.33. The third-order valence-corrected chi connectivity index (χ3v) is 4.33. The number of benzene rings is 1. The molecule has 0 spiro atoms. The van der Waals surface area contributed by atoms with Gasteiger partial charge in [-0.3, -0.25) is 0 Å². The number of carbonyl (C=O) groups excluding carboxylic acids is 1. The standard InChI is InChI=1S/C15H18N2O3/c1-15(5-2-6-15)16-14(20)17-8-11-4-3-10(13(18)19)7-12(11)9-17/h3-4,7H,2,5-6,8-9H2,1H3,(H,16,20)(H,18,19). The van der Waals surface area contributed by atoms with Crippen molar-refractivity contribution in [3.05, 3.63) is 34.9 Å². The van der Waals surface area contributed by atoms with E-state index in [0.29, 0.717) is 13.1 Å². The fourth-order valence-electron chi connectivity index (χ4n) is 2.84. The monoisotopic (exact) mass is 274 g/mol. The number of carboxylic acids is 1. The fourth-order valence-corrected chi connectivity index (χ4v) is 2.84. The number of aromatic carboxylic acids is 1. The highest BCUT2D eigenvalue weighted by Crippen LogP contribution is 2.32. The van der Waals surface area contributed by atoms with Crippen LogP contribution < -0.4 is 5.32 Å². The summed E-state index contributed by atoms with van der Waals surface area (Å²) in [5, 5.41) is 12.1. The summed E-state index contributed by atoms with van der Waals surface area (Å²) in [4.78, 5) is 24.9. The molecule has 0 atom stereocenters. The molecule has 1 saturated carbocycles. The lowest BCUT2D eigenvalue weighted by Gasteiger charge is -2.40. The van der Waals surface area contributed by atoms with Gasteiger partial charge in [-0.15, -0.1) is 0 Å². The van der Waals surface area contributed by atoms with Crippen LogP contribution in [0.25, 0.3) is 0 Å². The second-order valence-electron chi connectivity index (χ2n) is 5.99. The minimum Gasteiger partial charge on any atom is -0.478 e. The number of rotatable bonds is 2. The number of hydrogen-bond donors (Lipinski definition) is 2. The van der Waals surface area contributed by atoms with Crippen LogP contribution in [0.15, 0.2) is 18.2 Å². The average molecular weight is 274 g/mol. The molecule has 0 saturated heterocycles. The molecular formula is C15H18N2O3. The molecule has 1 aliphatic heterocycles. The number of hydrogen-bond acceptors (Lipinski definition) is 2. The first-order chi connectivity index (χ1) is 9.47. The summed E-state index contributed by atoms with van der Waals surface area (Å²) in [6, 6.07) is 5.00. The first kappa shape index (κ1) is 13.0. The van der Waals surface area contributed by atoms with E-state index in [4.69, 9.17) is 5.11 Å². The van der Waals surface area contributed by atoms with E-state index >= 15 is 0 Å². The second-order valence-corrected chi connectivity index (χ2v) is 5.99. The van der Waals surface area contributed by atoms with Gasteiger partial charge in [0.05, 0.1) is 5.56 Å². The minimum absolute atomic E-state index is 0.0553. The van der Waals surface area contributed by atoms with Crippen LogP contribution in [0.2, 0.25) is 0 Å². The molecule has 2 N–H and O–H groups in total. The third kappa shape index (κ3) is 2.24. The Kier molecular flexibility index (Phi) is 2.92. The molecule has 5 heteroatoms. The number of fused-ring (bicyclic) bond motifs is 1. The van der Waals surface area contributed by atoms with Crippen molar-refractivity contribution >= 4 is 12.0 Å². The molecule has 106 valence electrons. The van der Waals surface area contributed by atoms with Gasteiger partial charge in [0.2, 0.25) is 0 Å². The molecule has 0 aromatic heterocycles. The highest BCUT2D eigenvalue weighted by molar-refractivity contribution is 5.88. The van der Waals surface area contributed by atoms with Gasteiger partial charge in [0.25, 0.3) is 0 Å². The maximum absolute atomic E-state index is 12.2. The van der Waals surface area contributed by atoms with E-state index in [1.807, 2.05) is 0 Å². The molecule has 20 heavy (non-hydrogen) atoms. The summed E-state index contributed by atoms with van der Waals surface area (Å²) < 4.78 is 0. The summed E-state index contributed by atoms with van der Waals surface area (Å²) in [5.41, 5.74) is 2.18. The number of nitrogens with zero attached hydrogens (tertiary/aromatic N) is 1. The lowest BCUT2D eigenvalue weighted by Crippen LogP contribution is -2.54. The van der Waals surface area contributed by atoms with Gasteiger partial charge in [0, 0.05) is 18.6 Å². The summed E-state index contributed by atoms with van der Waals surface area (Å²) >= 11 is 0. The maximum atomic E-state index is 12.2. The van der Waals surface area contributed by atoms with Crippen molar-refractivity contribution in [3.63, 3.8) is 0 Å². The zero-order valence-electron chi connectivity index (χ0n) is 11.5. The molecule has 1 aromatic rings. The van der Waals surface area contributed by atoms with E-state index in [0.717, 1.165) is 24.0 Å². The molecule has 0 radical (unpaired) electrons. The number of carboxylic acid groups (broad SMARTS) is 1. The summed E-state index contributed by atoms with van der Waals surface area (Å²) in [5.74, 6) is -0.933. The first-order valence-electron chi connectivity index (χ1n) is 6.89. The van der Waals surface area contributed by atoms with Crippen molar-refractivity contribution in [1.82, 2.24) is 10.2 Å².